The van der Waals surface area contributed by atoms with E-state index in [0.717, 1.165) is 23.4 Å². The molecule has 0 amide bonds. The summed E-state index contributed by atoms with van der Waals surface area (Å²) in [6.07, 6.45) is -3.44. The number of halogens is 3. The average molecular weight is 301 g/mol. The van der Waals surface area contributed by atoms with Crippen LogP contribution in [0.25, 0.3) is 0 Å². The third-order valence-corrected chi connectivity index (χ3v) is 3.98. The molecule has 108 valence electrons. The van der Waals surface area contributed by atoms with Crippen LogP contribution in [-0.2, 0) is 19.2 Å². The molecule has 0 aliphatic carbocycles. The highest BCUT2D eigenvalue weighted by atomic mass is 32.1. The Labute approximate surface area is 119 Å². The van der Waals surface area contributed by atoms with Crippen LogP contribution in [0.15, 0.2) is 30.3 Å². The van der Waals surface area contributed by atoms with Crippen molar-refractivity contribution < 1.29 is 17.9 Å². The van der Waals surface area contributed by atoms with Gasteiger partial charge in [0.25, 0.3) is 0 Å². The normalized spacial score (nSPS) is 11.6. The molecule has 6 heteroatoms. The van der Waals surface area contributed by atoms with Crippen LogP contribution in [0, 0.1) is 0 Å². The molecule has 0 saturated heterocycles. The van der Waals surface area contributed by atoms with E-state index in [-0.39, 0.29) is 11.4 Å². The van der Waals surface area contributed by atoms with Crippen molar-refractivity contribution in [2.24, 2.45) is 0 Å². The smallest absolute Gasteiger partial charge is 0.416 e. The summed E-state index contributed by atoms with van der Waals surface area (Å²) in [4.78, 5) is 2.25. The summed E-state index contributed by atoms with van der Waals surface area (Å²) in [6, 6.07) is 7.08. The molecule has 2 N–H and O–H groups in total. The zero-order valence-corrected chi connectivity index (χ0v) is 11.6. The molecule has 1 aromatic carbocycles. The van der Waals surface area contributed by atoms with E-state index in [2.05, 4.69) is 6.92 Å². The number of nitrogen functional groups attached to an aromatic ring is 1. The van der Waals surface area contributed by atoms with Gasteiger partial charge < -0.3 is 10.5 Å². The number of hydrogen-bond acceptors (Lipinski definition) is 3. The molecule has 1 heterocycles. The van der Waals surface area contributed by atoms with Gasteiger partial charge in [0, 0.05) is 9.75 Å². The third-order valence-electron chi connectivity index (χ3n) is 2.77. The fourth-order valence-electron chi connectivity index (χ4n) is 1.70. The molecule has 0 saturated carbocycles. The molecule has 0 radical (unpaired) electrons. The Kier molecular flexibility index (Phi) is 4.23. The Morgan fingerprint density at radius 1 is 1.15 bits per heavy atom. The van der Waals surface area contributed by atoms with Crippen molar-refractivity contribution in [2.45, 2.75) is 26.1 Å². The van der Waals surface area contributed by atoms with Crippen molar-refractivity contribution in [3.05, 3.63) is 45.6 Å². The molecule has 0 spiro atoms. The second-order valence-corrected chi connectivity index (χ2v) is 5.51. The van der Waals surface area contributed by atoms with Gasteiger partial charge in [-0.2, -0.15) is 13.2 Å². The van der Waals surface area contributed by atoms with Crippen molar-refractivity contribution in [3.63, 3.8) is 0 Å². The van der Waals surface area contributed by atoms with Crippen molar-refractivity contribution in [1.29, 1.82) is 0 Å². The zero-order valence-electron chi connectivity index (χ0n) is 10.8. The second-order valence-electron chi connectivity index (χ2n) is 4.26. The fourth-order valence-corrected chi connectivity index (χ4v) is 2.57. The van der Waals surface area contributed by atoms with Gasteiger partial charge >= 0.3 is 6.18 Å². The van der Waals surface area contributed by atoms with E-state index in [4.69, 9.17) is 10.5 Å². The first kappa shape index (κ1) is 14.7. The number of thiophene rings is 1. The Bertz CT molecular complexity index is 592. The summed E-state index contributed by atoms with van der Waals surface area (Å²) in [5.41, 5.74) is 4.81. The van der Waals surface area contributed by atoms with E-state index < -0.39 is 11.7 Å². The Morgan fingerprint density at radius 2 is 1.85 bits per heavy atom. The molecule has 0 aliphatic rings. The van der Waals surface area contributed by atoms with Crippen LogP contribution in [0.2, 0.25) is 0 Å². The Hall–Kier alpha value is -1.69. The maximum absolute atomic E-state index is 12.5. The molecule has 0 bridgehead atoms. The molecule has 20 heavy (non-hydrogen) atoms. The molecule has 0 atom stereocenters. The van der Waals surface area contributed by atoms with E-state index >= 15 is 0 Å². The summed E-state index contributed by atoms with van der Waals surface area (Å²) < 4.78 is 43.0. The summed E-state index contributed by atoms with van der Waals surface area (Å²) in [6.45, 7) is 2.37. The maximum atomic E-state index is 12.5. The Balaban J connectivity index is 2.06. The number of aryl methyl sites for hydroxylation is 1. The van der Waals surface area contributed by atoms with Crippen LogP contribution in [0.4, 0.5) is 18.9 Å². The second kappa shape index (κ2) is 5.75. The van der Waals surface area contributed by atoms with Crippen molar-refractivity contribution >= 4 is 17.0 Å². The van der Waals surface area contributed by atoms with Gasteiger partial charge in [0.15, 0.2) is 0 Å². The molecule has 0 fully saturated rings. The number of benzene rings is 1. The number of anilines is 1. The van der Waals surface area contributed by atoms with Crippen LogP contribution in [0.3, 0.4) is 0 Å². The molecule has 2 rings (SSSR count). The SMILES string of the molecule is CCc1ccc(COc2ccc(C(F)(F)F)cc2N)s1. The van der Waals surface area contributed by atoms with Crippen LogP contribution < -0.4 is 10.5 Å². The molecule has 0 aliphatic heterocycles. The topological polar surface area (TPSA) is 35.2 Å². The standard InChI is InChI=1S/C14H14F3NOS/c1-2-10-4-5-11(20-10)8-19-13-6-3-9(7-12(13)18)14(15,16)17/h3-7H,2,8,18H2,1H3. The highest BCUT2D eigenvalue weighted by Crippen LogP contribution is 2.34. The van der Waals surface area contributed by atoms with E-state index in [1.807, 2.05) is 12.1 Å². The number of hydrogen-bond donors (Lipinski definition) is 1. The first-order chi connectivity index (χ1) is 9.40. The number of alkyl halides is 3. The predicted molar refractivity (Wildman–Crippen MR) is 73.9 cm³/mol. The molecule has 2 aromatic rings. The first-order valence-electron chi connectivity index (χ1n) is 6.07. The molecule has 2 nitrogen and oxygen atoms in total. The van der Waals surface area contributed by atoms with E-state index in [9.17, 15) is 13.2 Å². The summed E-state index contributed by atoms with van der Waals surface area (Å²) >= 11 is 1.62. The third kappa shape index (κ3) is 3.45. The highest BCUT2D eigenvalue weighted by Gasteiger charge is 2.30. The maximum Gasteiger partial charge on any atom is 0.416 e. The van der Waals surface area contributed by atoms with Crippen LogP contribution in [-0.4, -0.2) is 0 Å². The van der Waals surface area contributed by atoms with E-state index in [1.165, 1.54) is 10.9 Å². The quantitative estimate of drug-likeness (QED) is 0.844. The minimum Gasteiger partial charge on any atom is -0.486 e. The minimum absolute atomic E-state index is 0.00732. The van der Waals surface area contributed by atoms with Crippen LogP contribution >= 0.6 is 11.3 Å². The van der Waals surface area contributed by atoms with Gasteiger partial charge in [-0.1, -0.05) is 6.92 Å². The summed E-state index contributed by atoms with van der Waals surface area (Å²) in [5, 5.41) is 0. The van der Waals surface area contributed by atoms with Crippen molar-refractivity contribution in [2.75, 3.05) is 5.73 Å². The van der Waals surface area contributed by atoms with Gasteiger partial charge in [0.1, 0.15) is 12.4 Å². The zero-order chi connectivity index (χ0) is 14.8. The summed E-state index contributed by atoms with van der Waals surface area (Å²) in [5.74, 6) is 0.268. The van der Waals surface area contributed by atoms with Gasteiger partial charge in [-0.25, -0.2) is 0 Å². The van der Waals surface area contributed by atoms with E-state index in [0.29, 0.717) is 6.61 Å². The molecular weight excluding hydrogens is 287 g/mol. The van der Waals surface area contributed by atoms with Gasteiger partial charge in [-0.3, -0.25) is 0 Å². The monoisotopic (exact) mass is 301 g/mol. The lowest BCUT2D eigenvalue weighted by atomic mass is 10.2. The first-order valence-corrected chi connectivity index (χ1v) is 6.89. The van der Waals surface area contributed by atoms with Crippen LogP contribution in [0.5, 0.6) is 5.75 Å². The van der Waals surface area contributed by atoms with Gasteiger partial charge in [-0.05, 0) is 36.8 Å². The number of nitrogens with two attached hydrogens (primary N) is 1. The molecule has 1 aromatic heterocycles. The lowest BCUT2D eigenvalue weighted by Crippen LogP contribution is -2.06. The largest absolute Gasteiger partial charge is 0.486 e. The number of ether oxygens (including phenoxy) is 1. The fraction of sp³-hybridized carbons (Fsp3) is 0.286. The van der Waals surface area contributed by atoms with Crippen LogP contribution in [0.1, 0.15) is 22.2 Å². The number of rotatable bonds is 4. The summed E-state index contributed by atoms with van der Waals surface area (Å²) in [7, 11) is 0. The van der Waals surface area contributed by atoms with Gasteiger partial charge in [0.2, 0.25) is 0 Å². The molecular formula is C14H14F3NOS. The average Bonchev–Trinajstić information content (AvgIpc) is 2.84. The highest BCUT2D eigenvalue weighted by molar-refractivity contribution is 7.11. The van der Waals surface area contributed by atoms with Gasteiger partial charge in [0.05, 0.1) is 11.3 Å². The van der Waals surface area contributed by atoms with Gasteiger partial charge in [-0.15, -0.1) is 11.3 Å². The lowest BCUT2D eigenvalue weighted by Gasteiger charge is -2.11. The Morgan fingerprint density at radius 3 is 2.40 bits per heavy atom. The minimum atomic E-state index is -4.39. The molecule has 0 unspecified atom stereocenters. The lowest BCUT2D eigenvalue weighted by molar-refractivity contribution is -0.137. The van der Waals surface area contributed by atoms with E-state index in [1.54, 1.807) is 11.3 Å². The predicted octanol–water partition coefficient (Wildman–Crippen LogP) is 4.49. The van der Waals surface area contributed by atoms with Crippen molar-refractivity contribution in [3.8, 4) is 5.75 Å². The van der Waals surface area contributed by atoms with Crippen molar-refractivity contribution in [1.82, 2.24) is 0 Å².